The van der Waals surface area contributed by atoms with E-state index >= 15 is 28.8 Å². The minimum absolute atomic E-state index is 0.0261. The number of amides is 11. The second-order valence-corrected chi connectivity index (χ2v) is 28.6. The van der Waals surface area contributed by atoms with Gasteiger partial charge in [0.05, 0.1) is 6.10 Å². The minimum atomic E-state index is -1.65. The molecule has 1 aliphatic heterocycles. The Hall–Kier alpha value is -6.63. The summed E-state index contributed by atoms with van der Waals surface area (Å²) in [6.07, 6.45) is 5.88. The number of thioether (sulfide) groups is 1. The van der Waals surface area contributed by atoms with Crippen LogP contribution in [0.1, 0.15) is 156 Å². The van der Waals surface area contributed by atoms with Gasteiger partial charge in [-0.3, -0.25) is 57.7 Å². The van der Waals surface area contributed by atoms with Crippen LogP contribution in [0.5, 0.6) is 0 Å². The number of aromatic nitrogens is 1. The number of likely N-dealkylation sites (N-methyl/N-ethyl adjacent to an activating group) is 7. The van der Waals surface area contributed by atoms with Crippen molar-refractivity contribution in [3.05, 3.63) is 36.7 Å². The Morgan fingerprint density at radius 3 is 1.36 bits per heavy atom. The zero-order valence-electron chi connectivity index (χ0n) is 59.6. The predicted octanol–water partition coefficient (Wildman–Crippen LogP) is 4.78. The summed E-state index contributed by atoms with van der Waals surface area (Å²) in [7, 11) is 9.96. The Kier molecular flexibility index (Phi) is 33.0. The predicted molar refractivity (Wildman–Crippen MR) is 357 cm³/mol. The van der Waals surface area contributed by atoms with Crippen LogP contribution in [0.25, 0.3) is 0 Å². The summed E-state index contributed by atoms with van der Waals surface area (Å²) in [6.45, 7) is 29.9. The maximum absolute atomic E-state index is 15.3. The third-order valence-electron chi connectivity index (χ3n) is 17.1. The van der Waals surface area contributed by atoms with Crippen molar-refractivity contribution in [1.82, 2.24) is 60.6 Å². The summed E-state index contributed by atoms with van der Waals surface area (Å²) < 4.78 is 0. The number of aliphatic hydroxyl groups is 1. The van der Waals surface area contributed by atoms with E-state index in [2.05, 4.69) is 26.3 Å². The van der Waals surface area contributed by atoms with E-state index < -0.39 is 155 Å². The molecule has 0 spiro atoms. The quantitative estimate of drug-likeness (QED) is 0.131. The lowest BCUT2D eigenvalue weighted by Crippen LogP contribution is -2.64. The first-order valence-corrected chi connectivity index (χ1v) is 33.5. The van der Waals surface area contributed by atoms with Gasteiger partial charge in [0.25, 0.3) is 5.91 Å². The lowest BCUT2D eigenvalue weighted by Gasteiger charge is -2.41. The van der Waals surface area contributed by atoms with Crippen LogP contribution in [0.2, 0.25) is 0 Å². The van der Waals surface area contributed by atoms with Gasteiger partial charge in [-0.05, 0) is 113 Å². The Balaban J connectivity index is 3.12. The highest BCUT2D eigenvalue weighted by atomic mass is 32.2. The normalized spacial score (nSPS) is 26.5. The third kappa shape index (κ3) is 22.3. The summed E-state index contributed by atoms with van der Waals surface area (Å²) >= 11 is 0.996. The van der Waals surface area contributed by atoms with Gasteiger partial charge in [-0.25, -0.2) is 0 Å². The molecule has 1 fully saturated rings. The van der Waals surface area contributed by atoms with Crippen LogP contribution >= 0.6 is 11.8 Å². The van der Waals surface area contributed by atoms with Crippen LogP contribution in [-0.2, 0) is 52.7 Å². The van der Waals surface area contributed by atoms with Crippen molar-refractivity contribution in [3.63, 3.8) is 0 Å². The average molecular weight is 1310 g/mol. The fraction of sp³-hybridized carbons (Fsp3) is 0.731. The van der Waals surface area contributed by atoms with Crippen LogP contribution in [0.4, 0.5) is 0 Å². The second kappa shape index (κ2) is 37.3. The number of carbonyl (C=O) groups is 11. The van der Waals surface area contributed by atoms with E-state index in [1.165, 1.54) is 105 Å². The average Bonchev–Trinajstić information content (AvgIpc) is 0.814. The van der Waals surface area contributed by atoms with Crippen LogP contribution < -0.4 is 21.3 Å². The van der Waals surface area contributed by atoms with Crippen LogP contribution in [-0.4, -0.2) is 231 Å². The van der Waals surface area contributed by atoms with Crippen molar-refractivity contribution in [2.45, 2.75) is 233 Å². The highest BCUT2D eigenvalue weighted by molar-refractivity contribution is 8.00. The molecule has 1 aromatic heterocycles. The molecule has 0 aliphatic carbocycles. The minimum Gasteiger partial charge on any atom is -0.390 e. The molecule has 25 heteroatoms. The molecule has 2 rings (SSSR count). The standard InChI is InChI=1S/C67H114N12O12S/c1-25-27-28-43(15)55(80)54-59(84)71-47(26-2)61(86)79(24)67(92-46-29-31-68-32-30-46)66(91)74(19)49(34-38(5)6)58(83)72-52(41(11)12)64(89)73(18)48(33-37(3)4)57(82)69-44(16)56(81)70-45(17)60(85)75(20)50(35-39(7)8)62(87)76(21)51(36-40(9)10)63(88)77(22)53(42(13)14)65(90)78(54)23/h25,27,29-32,37-45,47-55,67,80H,26,28,33-36H2,1-24H3,(H,69,82)(H,70,81)(H,71,84)(H,72,83)/b27-25+/t43-,44+,45-,47+,48+,49+,50+,51+,52+,53+,54+,55-,67?/m1/s1. The molecule has 13 atom stereocenters. The van der Waals surface area contributed by atoms with Gasteiger partial charge in [0.1, 0.15) is 60.4 Å². The summed E-state index contributed by atoms with van der Waals surface area (Å²) in [5, 5.41) is 22.0. The molecule has 1 aliphatic rings. The van der Waals surface area contributed by atoms with E-state index in [1.54, 1.807) is 66.7 Å². The van der Waals surface area contributed by atoms with E-state index in [0.717, 1.165) is 16.7 Å². The van der Waals surface area contributed by atoms with Crippen molar-refractivity contribution in [1.29, 1.82) is 0 Å². The number of carbonyl (C=O) groups excluding carboxylic acids is 11. The van der Waals surface area contributed by atoms with Crippen LogP contribution in [0, 0.1) is 41.4 Å². The topological polar surface area (TPSA) is 292 Å². The molecule has 5 N–H and O–H groups in total. The molecule has 0 bridgehead atoms. The molecule has 1 aromatic rings. The fourth-order valence-electron chi connectivity index (χ4n) is 11.4. The highest BCUT2D eigenvalue weighted by Crippen LogP contribution is 2.30. The molecule has 1 saturated heterocycles. The molecule has 520 valence electrons. The number of nitrogens with zero attached hydrogens (tertiary/aromatic N) is 8. The zero-order chi connectivity index (χ0) is 70.7. The van der Waals surface area contributed by atoms with Gasteiger partial charge in [-0.2, -0.15) is 0 Å². The number of nitrogens with one attached hydrogen (secondary N) is 4. The van der Waals surface area contributed by atoms with Crippen molar-refractivity contribution in [3.8, 4) is 0 Å². The first-order chi connectivity index (χ1) is 42.7. The molecule has 0 radical (unpaired) electrons. The largest absolute Gasteiger partial charge is 0.390 e. The molecule has 2 heterocycles. The molecular weight excluding hydrogens is 1200 g/mol. The second-order valence-electron chi connectivity index (χ2n) is 27.4. The fourth-order valence-corrected chi connectivity index (χ4v) is 12.4. The first kappa shape index (κ1) is 81.5. The molecule has 1 unspecified atom stereocenters. The van der Waals surface area contributed by atoms with E-state index in [9.17, 15) is 29.1 Å². The third-order valence-corrected chi connectivity index (χ3v) is 18.4. The van der Waals surface area contributed by atoms with Gasteiger partial charge in [-0.1, -0.05) is 121 Å². The van der Waals surface area contributed by atoms with Crippen molar-refractivity contribution in [2.24, 2.45) is 41.4 Å². The van der Waals surface area contributed by atoms with Crippen LogP contribution in [0.15, 0.2) is 41.6 Å². The molecule has 0 saturated carbocycles. The lowest BCUT2D eigenvalue weighted by atomic mass is 9.91. The molecule has 0 aromatic carbocycles. The first-order valence-electron chi connectivity index (χ1n) is 32.6. The van der Waals surface area contributed by atoms with Gasteiger partial charge in [0.2, 0.25) is 59.1 Å². The number of pyridine rings is 1. The summed E-state index contributed by atoms with van der Waals surface area (Å²) in [4.78, 5) is 177. The number of hydrogen-bond donors (Lipinski definition) is 5. The Morgan fingerprint density at radius 1 is 0.478 bits per heavy atom. The van der Waals surface area contributed by atoms with Gasteiger partial charge in [0.15, 0.2) is 5.37 Å². The van der Waals surface area contributed by atoms with E-state index in [4.69, 9.17) is 0 Å². The van der Waals surface area contributed by atoms with Gasteiger partial charge < -0.3 is 60.7 Å². The monoisotopic (exact) mass is 1310 g/mol. The Morgan fingerprint density at radius 2 is 0.902 bits per heavy atom. The maximum atomic E-state index is 15.3. The van der Waals surface area contributed by atoms with Crippen molar-refractivity contribution >= 4 is 76.7 Å². The van der Waals surface area contributed by atoms with Gasteiger partial charge in [0, 0.05) is 66.6 Å². The number of rotatable bonds is 17. The summed E-state index contributed by atoms with van der Waals surface area (Å²) in [5.41, 5.74) is 0. The molecular formula is C67H114N12O12S. The van der Waals surface area contributed by atoms with E-state index in [-0.39, 0.29) is 55.8 Å². The Bertz CT molecular complexity index is 2690. The maximum Gasteiger partial charge on any atom is 0.256 e. The summed E-state index contributed by atoms with van der Waals surface area (Å²) in [5.74, 6) is -10.1. The molecule has 11 amide bonds. The zero-order valence-corrected chi connectivity index (χ0v) is 60.4. The van der Waals surface area contributed by atoms with Crippen molar-refractivity contribution in [2.75, 3.05) is 49.3 Å². The number of aliphatic hydroxyl groups excluding tert-OH is 1. The number of allylic oxidation sites excluding steroid dienone is 2. The SMILES string of the molecule is C/C=C/C[C@@H](C)[C@@H](O)[C@H]1C(=O)N[C@@H](CC)C(=O)N(C)C(Sc2ccncc2)C(=O)N(C)[C@@H](CC(C)C)C(=O)N[C@@H](C(C)C)C(=O)N(C)[C@@H](CC(C)C)C(=O)N[C@@H](C)C(=O)N[C@H](C)C(=O)N(C)[C@@H](CC(C)C)C(=O)N(C)[C@@H](CC(C)C)C(=O)N(C)[C@@H](C(C)C)C(=O)N1C. The summed E-state index contributed by atoms with van der Waals surface area (Å²) in [6, 6.07) is -9.41. The number of hydrogen-bond acceptors (Lipinski definition) is 14. The highest BCUT2D eigenvalue weighted by Gasteiger charge is 2.46. The molecule has 92 heavy (non-hydrogen) atoms. The van der Waals surface area contributed by atoms with Gasteiger partial charge >= 0.3 is 0 Å². The molecule has 24 nitrogen and oxygen atoms in total. The van der Waals surface area contributed by atoms with Gasteiger partial charge in [-0.15, -0.1) is 0 Å². The smallest absolute Gasteiger partial charge is 0.256 e. The van der Waals surface area contributed by atoms with Crippen molar-refractivity contribution < 1.29 is 57.8 Å². The Labute approximate surface area is 553 Å². The van der Waals surface area contributed by atoms with E-state index in [0.29, 0.717) is 11.3 Å². The van der Waals surface area contributed by atoms with Crippen LogP contribution in [0.3, 0.4) is 0 Å². The lowest BCUT2D eigenvalue weighted by molar-refractivity contribution is -0.157. The van der Waals surface area contributed by atoms with E-state index in [1.807, 2.05) is 61.5 Å².